The monoisotopic (exact) mass is 630 g/mol. The van der Waals surface area contributed by atoms with Gasteiger partial charge < -0.3 is 15.1 Å². The van der Waals surface area contributed by atoms with Crippen LogP contribution >= 0.6 is 34.3 Å². The van der Waals surface area contributed by atoms with E-state index in [2.05, 4.69) is 86.4 Å². The van der Waals surface area contributed by atoms with E-state index in [4.69, 9.17) is 11.6 Å². The van der Waals surface area contributed by atoms with Gasteiger partial charge in [0.05, 0.1) is 17.3 Å². The first-order valence-electron chi connectivity index (χ1n) is 14.7. The molecule has 2 unspecified atom stereocenters. The molecule has 4 aromatic heterocycles. The van der Waals surface area contributed by atoms with Crippen LogP contribution in [-0.2, 0) is 32.2 Å². The fraction of sp³-hybridized carbons (Fsp3) is 0.406. The molecule has 0 radical (unpaired) electrons. The van der Waals surface area contributed by atoms with Crippen molar-refractivity contribution in [2.45, 2.75) is 57.2 Å². The Kier molecular flexibility index (Phi) is 7.90. The van der Waals surface area contributed by atoms with Gasteiger partial charge >= 0.3 is 0 Å². The first-order valence-corrected chi connectivity index (χ1v) is 16.8. The zero-order chi connectivity index (χ0) is 29.7. The molecule has 2 atom stereocenters. The Balaban J connectivity index is 0.000000153. The molecule has 43 heavy (non-hydrogen) atoms. The molecular formula is C32H35ClN8S2. The smallest absolute Gasteiger partial charge is 0.142 e. The predicted molar refractivity (Wildman–Crippen MR) is 180 cm³/mol. The predicted octanol–water partition coefficient (Wildman–Crippen LogP) is 6.55. The van der Waals surface area contributed by atoms with Crippen LogP contribution in [-0.4, -0.2) is 76.2 Å². The number of likely N-dealkylation sites (N-methyl/N-ethyl adjacent to an activating group) is 2. The summed E-state index contributed by atoms with van der Waals surface area (Å²) < 4.78 is 0. The molecule has 1 N–H and O–H groups in total. The number of fused-ring (bicyclic) bond motifs is 7. The third-order valence-corrected chi connectivity index (χ3v) is 11.6. The number of nitrogens with zero attached hydrogens (tertiary/aromatic N) is 7. The second kappa shape index (κ2) is 11.8. The molecule has 0 saturated carbocycles. The summed E-state index contributed by atoms with van der Waals surface area (Å²) in [6.07, 6.45) is 12.0. The number of hydrogen-bond acceptors (Lipinski definition) is 10. The molecule has 0 bridgehead atoms. The summed E-state index contributed by atoms with van der Waals surface area (Å²) >= 11 is 9.78. The molecule has 8 nitrogen and oxygen atoms in total. The van der Waals surface area contributed by atoms with Crippen molar-refractivity contribution in [1.82, 2.24) is 29.7 Å². The van der Waals surface area contributed by atoms with Crippen LogP contribution in [0.15, 0.2) is 35.8 Å². The molecule has 2 aliphatic carbocycles. The van der Waals surface area contributed by atoms with E-state index >= 15 is 0 Å². The second-order valence-corrected chi connectivity index (χ2v) is 14.5. The largest absolute Gasteiger partial charge is 0.340 e. The third kappa shape index (κ3) is 5.55. The summed E-state index contributed by atoms with van der Waals surface area (Å²) in [5.74, 6) is 0.922. The fourth-order valence-corrected chi connectivity index (χ4v) is 9.26. The van der Waals surface area contributed by atoms with Gasteiger partial charge in [-0.25, -0.2) is 19.9 Å². The van der Waals surface area contributed by atoms with Crippen LogP contribution in [0.2, 0.25) is 5.15 Å². The van der Waals surface area contributed by atoms with Crippen molar-refractivity contribution in [3.05, 3.63) is 68.0 Å². The number of thiophene rings is 2. The number of aliphatic imine (C=N–C) groups is 1. The molecule has 0 saturated heterocycles. The molecule has 11 heteroatoms. The summed E-state index contributed by atoms with van der Waals surface area (Å²) in [6.45, 7) is 0.790. The highest BCUT2D eigenvalue weighted by molar-refractivity contribution is 7.19. The van der Waals surface area contributed by atoms with Crippen molar-refractivity contribution >= 4 is 72.4 Å². The highest BCUT2D eigenvalue weighted by atomic mass is 35.5. The minimum Gasteiger partial charge on any atom is -0.340 e. The van der Waals surface area contributed by atoms with Gasteiger partial charge in [-0.3, -0.25) is 4.99 Å². The van der Waals surface area contributed by atoms with Crippen LogP contribution in [0, 0.1) is 0 Å². The number of hydrogen-bond donors (Lipinski definition) is 1. The van der Waals surface area contributed by atoms with Gasteiger partial charge in [0.2, 0.25) is 0 Å². The third-order valence-electron chi connectivity index (χ3n) is 8.95. The average molecular weight is 631 g/mol. The number of aryl methyl sites for hydroxylation is 2. The first-order chi connectivity index (χ1) is 20.9. The van der Waals surface area contributed by atoms with Crippen molar-refractivity contribution in [3.63, 3.8) is 0 Å². The van der Waals surface area contributed by atoms with Gasteiger partial charge in [0.1, 0.15) is 33.3 Å². The molecule has 0 fully saturated rings. The average Bonchev–Trinajstić information content (AvgIpc) is 3.72. The number of anilines is 2. The van der Waals surface area contributed by atoms with Gasteiger partial charge in [0.15, 0.2) is 0 Å². The molecule has 1 aromatic carbocycles. The molecule has 1 aliphatic heterocycles. The molecule has 5 aromatic rings. The molecule has 5 heterocycles. The Labute approximate surface area is 264 Å². The second-order valence-electron chi connectivity index (χ2n) is 12.0. The molecule has 3 aliphatic rings. The molecule has 8 rings (SSSR count). The SMILES string of the molecule is CN(C)C1CCc2c(sc3ncnc(Cl)c23)C1.CN(C)C1CCc2c(sc3ncnc(Nc4ccc5c(c4)C=NC5)c23)C1. The van der Waals surface area contributed by atoms with Crippen LogP contribution in [0.4, 0.5) is 11.5 Å². The van der Waals surface area contributed by atoms with Crippen molar-refractivity contribution < 1.29 is 0 Å². The fourth-order valence-electron chi connectivity index (χ4n) is 6.44. The van der Waals surface area contributed by atoms with Crippen molar-refractivity contribution in [3.8, 4) is 0 Å². The Hall–Kier alpha value is -3.02. The number of aromatic nitrogens is 4. The Morgan fingerprint density at radius 3 is 2.12 bits per heavy atom. The van der Waals surface area contributed by atoms with Gasteiger partial charge in [0, 0.05) is 33.7 Å². The summed E-state index contributed by atoms with van der Waals surface area (Å²) in [6, 6.07) is 7.68. The van der Waals surface area contributed by atoms with Crippen LogP contribution in [0.25, 0.3) is 20.4 Å². The summed E-state index contributed by atoms with van der Waals surface area (Å²) in [5, 5.41) is 6.43. The van der Waals surface area contributed by atoms with Gasteiger partial charge in [-0.15, -0.1) is 22.7 Å². The Bertz CT molecular complexity index is 1840. The van der Waals surface area contributed by atoms with E-state index in [9.17, 15) is 0 Å². The van der Waals surface area contributed by atoms with Crippen LogP contribution in [0.5, 0.6) is 0 Å². The van der Waals surface area contributed by atoms with E-state index in [1.54, 1.807) is 24.0 Å². The van der Waals surface area contributed by atoms with E-state index in [0.717, 1.165) is 58.8 Å². The molecule has 0 spiro atoms. The summed E-state index contributed by atoms with van der Waals surface area (Å²) in [5.41, 5.74) is 6.36. The highest BCUT2D eigenvalue weighted by Gasteiger charge is 2.27. The maximum atomic E-state index is 6.18. The zero-order valence-corrected chi connectivity index (χ0v) is 27.3. The van der Waals surface area contributed by atoms with E-state index in [0.29, 0.717) is 17.2 Å². The van der Waals surface area contributed by atoms with Gasteiger partial charge in [-0.05, 0) is 101 Å². The zero-order valence-electron chi connectivity index (χ0n) is 24.9. The number of rotatable bonds is 4. The van der Waals surface area contributed by atoms with E-state index in [1.807, 2.05) is 17.6 Å². The minimum absolute atomic E-state index is 0.607. The lowest BCUT2D eigenvalue weighted by Gasteiger charge is -2.28. The summed E-state index contributed by atoms with van der Waals surface area (Å²) in [7, 11) is 8.64. The van der Waals surface area contributed by atoms with Crippen molar-refractivity contribution in [2.75, 3.05) is 33.5 Å². The first kappa shape index (κ1) is 28.7. The van der Waals surface area contributed by atoms with E-state index in [1.165, 1.54) is 50.2 Å². The van der Waals surface area contributed by atoms with Gasteiger partial charge in [0.25, 0.3) is 0 Å². The van der Waals surface area contributed by atoms with Crippen LogP contribution in [0.1, 0.15) is 44.8 Å². The molecule has 222 valence electrons. The maximum absolute atomic E-state index is 6.18. The van der Waals surface area contributed by atoms with Crippen molar-refractivity contribution in [2.24, 2.45) is 4.99 Å². The molecular weight excluding hydrogens is 596 g/mol. The maximum Gasteiger partial charge on any atom is 0.142 e. The number of halogens is 1. The quantitative estimate of drug-likeness (QED) is 0.226. The highest BCUT2D eigenvalue weighted by Crippen LogP contribution is 2.40. The van der Waals surface area contributed by atoms with Crippen LogP contribution in [0.3, 0.4) is 0 Å². The lowest BCUT2D eigenvalue weighted by atomic mass is 9.92. The van der Waals surface area contributed by atoms with E-state index in [-0.39, 0.29) is 0 Å². The standard InChI is InChI=1S/C20H21N5S.C12H14ClN3S/c1-25(2)15-5-6-16-17(8-15)26-20-18(16)19(22-11-23-20)24-14-4-3-12-9-21-10-13(12)7-14;1-16(2)7-3-4-8-9(5-7)17-12-10(8)11(13)14-6-15-12/h3-4,7,10-11,15H,5-6,8-9H2,1-2H3,(H,22,23,24);6-7H,3-5H2,1-2H3. The van der Waals surface area contributed by atoms with Gasteiger partial charge in [-0.1, -0.05) is 17.7 Å². The van der Waals surface area contributed by atoms with Gasteiger partial charge in [-0.2, -0.15) is 0 Å². The molecule has 0 amide bonds. The van der Waals surface area contributed by atoms with Crippen LogP contribution < -0.4 is 5.32 Å². The topological polar surface area (TPSA) is 82.4 Å². The number of nitrogens with one attached hydrogen (secondary N) is 1. The minimum atomic E-state index is 0.607. The lowest BCUT2D eigenvalue weighted by Crippen LogP contribution is -2.32. The van der Waals surface area contributed by atoms with E-state index < -0.39 is 0 Å². The lowest BCUT2D eigenvalue weighted by molar-refractivity contribution is 0.270. The normalized spacial score (nSPS) is 19.0. The number of benzene rings is 1. The Morgan fingerprint density at radius 2 is 1.44 bits per heavy atom. The summed E-state index contributed by atoms with van der Waals surface area (Å²) in [4.78, 5) is 31.6. The van der Waals surface area contributed by atoms with Crippen molar-refractivity contribution in [1.29, 1.82) is 0 Å². The Morgan fingerprint density at radius 1 is 0.814 bits per heavy atom.